The zero-order chi connectivity index (χ0) is 32.4. The van der Waals surface area contributed by atoms with Crippen LogP contribution in [0.3, 0.4) is 0 Å². The molecule has 0 heteroatoms. The Morgan fingerprint density at radius 1 is 0.327 bits per heavy atom. The van der Waals surface area contributed by atoms with Crippen molar-refractivity contribution in [3.05, 3.63) is 239 Å². The zero-order valence-electron chi connectivity index (χ0n) is 27.1. The Morgan fingerprint density at radius 2 is 0.735 bits per heavy atom. The molecule has 0 aliphatic heterocycles. The van der Waals surface area contributed by atoms with Gasteiger partial charge < -0.3 is 0 Å². The smallest absolute Gasteiger partial charge is 0.0616 e. The van der Waals surface area contributed by atoms with Gasteiger partial charge in [-0.15, -0.1) is 0 Å². The summed E-state index contributed by atoms with van der Waals surface area (Å²) < 4.78 is 0. The van der Waals surface area contributed by atoms with E-state index in [1.54, 1.807) is 0 Å². The molecule has 0 saturated carbocycles. The van der Waals surface area contributed by atoms with E-state index in [1.165, 1.54) is 71.6 Å². The van der Waals surface area contributed by atoms with E-state index in [1.807, 2.05) is 0 Å². The third-order valence-corrected chi connectivity index (χ3v) is 11.4. The van der Waals surface area contributed by atoms with Crippen molar-refractivity contribution in [2.24, 2.45) is 0 Å². The van der Waals surface area contributed by atoms with E-state index in [0.717, 1.165) is 0 Å². The average Bonchev–Trinajstić information content (AvgIpc) is 3.41. The molecular weight excluding hydrogens is 589 g/mol. The Labute approximate surface area is 287 Å². The van der Waals surface area contributed by atoms with Gasteiger partial charge in [0.15, 0.2) is 0 Å². The van der Waals surface area contributed by atoms with Crippen LogP contribution in [0.4, 0.5) is 0 Å². The van der Waals surface area contributed by atoms with Crippen molar-refractivity contribution in [1.29, 1.82) is 0 Å². The Kier molecular flexibility index (Phi) is 6.17. The summed E-state index contributed by atoms with van der Waals surface area (Å²) in [5, 5.41) is 5.29. The van der Waals surface area contributed by atoms with Crippen LogP contribution < -0.4 is 0 Å². The topological polar surface area (TPSA) is 0 Å². The normalized spacial score (nSPS) is 20.9. The first-order chi connectivity index (χ1) is 24.4. The molecule has 10 rings (SSSR count). The quantitative estimate of drug-likeness (QED) is 0.168. The molecule has 0 fully saturated rings. The second-order valence-electron chi connectivity index (χ2n) is 13.5. The number of fused-ring (bicyclic) bond motifs is 8. The van der Waals surface area contributed by atoms with E-state index in [-0.39, 0.29) is 5.92 Å². The molecule has 0 heterocycles. The molecule has 0 radical (unpaired) electrons. The fraction of sp³-hybridized carbons (Fsp3) is 0.0612. The van der Waals surface area contributed by atoms with Gasteiger partial charge in [-0.1, -0.05) is 200 Å². The number of hydrogen-bond donors (Lipinski definition) is 0. The monoisotopic (exact) mass is 622 g/mol. The molecule has 0 saturated heterocycles. The summed E-state index contributed by atoms with van der Waals surface area (Å²) in [6.45, 7) is 0. The van der Waals surface area contributed by atoms with Gasteiger partial charge in [-0.2, -0.15) is 0 Å². The third-order valence-electron chi connectivity index (χ3n) is 11.4. The van der Waals surface area contributed by atoms with Crippen LogP contribution in [0.1, 0.15) is 44.9 Å². The van der Waals surface area contributed by atoms with E-state index < -0.39 is 10.8 Å². The second kappa shape index (κ2) is 10.8. The van der Waals surface area contributed by atoms with Crippen LogP contribution in [-0.2, 0) is 10.8 Å². The van der Waals surface area contributed by atoms with Crippen molar-refractivity contribution in [2.45, 2.75) is 16.7 Å². The fourth-order valence-electron chi connectivity index (χ4n) is 9.92. The number of allylic oxidation sites excluding steroid dienone is 2. The summed E-state index contributed by atoms with van der Waals surface area (Å²) in [5.74, 6) is 0.0310. The molecule has 0 nitrogen and oxygen atoms in total. The van der Waals surface area contributed by atoms with Crippen LogP contribution in [0.25, 0.3) is 32.7 Å². The van der Waals surface area contributed by atoms with Crippen LogP contribution in [0.15, 0.2) is 200 Å². The molecular formula is C49H34. The van der Waals surface area contributed by atoms with Crippen molar-refractivity contribution >= 4 is 32.7 Å². The first kappa shape index (κ1) is 28.1. The van der Waals surface area contributed by atoms with Crippen molar-refractivity contribution in [1.82, 2.24) is 0 Å². The molecule has 49 heavy (non-hydrogen) atoms. The summed E-state index contributed by atoms with van der Waals surface area (Å²) in [6.07, 6.45) is 0. The minimum atomic E-state index is -0.512. The Hall–Kier alpha value is -5.98. The number of benzene rings is 8. The van der Waals surface area contributed by atoms with Gasteiger partial charge >= 0.3 is 0 Å². The van der Waals surface area contributed by atoms with Crippen LogP contribution in [0.5, 0.6) is 0 Å². The largest absolute Gasteiger partial charge is 0.0622 e. The molecule has 230 valence electrons. The summed E-state index contributed by atoms with van der Waals surface area (Å²) in [4.78, 5) is 0. The van der Waals surface area contributed by atoms with Crippen molar-refractivity contribution in [2.75, 3.05) is 0 Å². The highest BCUT2D eigenvalue weighted by Gasteiger charge is 2.75. The Bertz CT molecular complexity index is 2520. The van der Waals surface area contributed by atoms with E-state index in [9.17, 15) is 0 Å². The van der Waals surface area contributed by atoms with E-state index >= 15 is 0 Å². The van der Waals surface area contributed by atoms with E-state index in [2.05, 4.69) is 200 Å². The lowest BCUT2D eigenvalue weighted by molar-refractivity contribution is 0.376. The molecule has 0 bridgehead atoms. The minimum absolute atomic E-state index is 0.0310. The standard InChI is InChI=1S/C49H34/c1-6-20-34(21-7-1)44-43-41-32-18-16-30-39(41)40-31-17-19-33-42(40)47(43)49(38-28-14-5-15-29-38)46(36-24-10-3-11-25-36)45(35-22-8-2-9-23-35)48(44,49)37-26-12-4-13-27-37/h1-33,44H/t44-,48-,49-/m0/s1. The van der Waals surface area contributed by atoms with Gasteiger partial charge in [-0.25, -0.2) is 0 Å². The molecule has 0 amide bonds. The maximum Gasteiger partial charge on any atom is 0.0616 e. The lowest BCUT2D eigenvalue weighted by Gasteiger charge is -2.62. The molecule has 2 aliphatic rings. The summed E-state index contributed by atoms with van der Waals surface area (Å²) >= 11 is 0. The van der Waals surface area contributed by atoms with Crippen LogP contribution >= 0.6 is 0 Å². The van der Waals surface area contributed by atoms with Gasteiger partial charge in [-0.3, -0.25) is 0 Å². The molecule has 0 unspecified atom stereocenters. The fourth-order valence-corrected chi connectivity index (χ4v) is 9.92. The molecule has 0 N–H and O–H groups in total. The number of hydrogen-bond acceptors (Lipinski definition) is 0. The highest BCUT2D eigenvalue weighted by molar-refractivity contribution is 6.21. The minimum Gasteiger partial charge on any atom is -0.0622 e. The summed E-state index contributed by atoms with van der Waals surface area (Å²) in [5.41, 5.74) is 11.3. The first-order valence-electron chi connectivity index (χ1n) is 17.3. The SMILES string of the molecule is c1ccc(C2=C(c3ccccc3)[C@]3(c4ccccc4)[C@@H](c4ccccc4)c4c(c5ccccc5c5ccccc45)[C@]23c2ccccc2)cc1. The van der Waals surface area contributed by atoms with E-state index in [4.69, 9.17) is 0 Å². The van der Waals surface area contributed by atoms with Gasteiger partial charge in [0, 0.05) is 11.3 Å². The predicted octanol–water partition coefficient (Wildman–Crippen LogP) is 12.0. The second-order valence-corrected chi connectivity index (χ2v) is 13.5. The van der Waals surface area contributed by atoms with Crippen molar-refractivity contribution < 1.29 is 0 Å². The maximum atomic E-state index is 2.40. The lowest BCUT2D eigenvalue weighted by Crippen LogP contribution is -2.58. The molecule has 2 aliphatic carbocycles. The van der Waals surface area contributed by atoms with Crippen LogP contribution in [0.2, 0.25) is 0 Å². The molecule has 8 aromatic carbocycles. The Balaban J connectivity index is 1.55. The van der Waals surface area contributed by atoms with Gasteiger partial charge in [0.1, 0.15) is 0 Å². The van der Waals surface area contributed by atoms with Crippen LogP contribution in [0, 0.1) is 0 Å². The molecule has 3 atom stereocenters. The average molecular weight is 623 g/mol. The number of rotatable bonds is 5. The summed E-state index contributed by atoms with van der Waals surface area (Å²) in [7, 11) is 0. The highest BCUT2D eigenvalue weighted by atomic mass is 14.7. The van der Waals surface area contributed by atoms with Gasteiger partial charge in [0.05, 0.1) is 5.41 Å². The van der Waals surface area contributed by atoms with Gasteiger partial charge in [-0.05, 0) is 71.6 Å². The van der Waals surface area contributed by atoms with E-state index in [0.29, 0.717) is 0 Å². The van der Waals surface area contributed by atoms with Crippen LogP contribution in [-0.4, -0.2) is 0 Å². The molecule has 0 aromatic heterocycles. The third kappa shape index (κ3) is 3.58. The molecule has 0 spiro atoms. The van der Waals surface area contributed by atoms with Gasteiger partial charge in [0.25, 0.3) is 0 Å². The molecule has 8 aromatic rings. The highest BCUT2D eigenvalue weighted by Crippen LogP contribution is 2.81. The predicted molar refractivity (Wildman–Crippen MR) is 205 cm³/mol. The maximum absolute atomic E-state index is 2.40. The first-order valence-corrected chi connectivity index (χ1v) is 17.3. The summed E-state index contributed by atoms with van der Waals surface area (Å²) in [6, 6.07) is 74.9. The van der Waals surface area contributed by atoms with Gasteiger partial charge in [0.2, 0.25) is 0 Å². The van der Waals surface area contributed by atoms with Crippen molar-refractivity contribution in [3.63, 3.8) is 0 Å². The Morgan fingerprint density at radius 3 is 1.31 bits per heavy atom. The van der Waals surface area contributed by atoms with Crippen molar-refractivity contribution in [3.8, 4) is 0 Å². The zero-order valence-corrected chi connectivity index (χ0v) is 27.1. The lowest BCUT2D eigenvalue weighted by atomic mass is 9.38.